The first-order chi connectivity index (χ1) is 13.9. The van der Waals surface area contributed by atoms with Crippen molar-refractivity contribution in [2.24, 2.45) is 11.8 Å². The molecule has 0 aliphatic carbocycles. The van der Waals surface area contributed by atoms with Gasteiger partial charge >= 0.3 is 12.1 Å². The highest BCUT2D eigenvalue weighted by molar-refractivity contribution is 5.90. The van der Waals surface area contributed by atoms with E-state index in [0.717, 1.165) is 12.8 Å². The smallest absolute Gasteiger partial charge is 0.408 e. The number of nitrogens with zero attached hydrogens (tertiary/aromatic N) is 1. The number of aliphatic carboxylic acids is 1. The third kappa shape index (κ3) is 7.97. The molecule has 3 N–H and O–H groups in total. The number of aliphatic hydroxyl groups is 1. The molecule has 1 heterocycles. The molecule has 3 unspecified atom stereocenters. The van der Waals surface area contributed by atoms with Crippen LogP contribution in [-0.2, 0) is 14.3 Å². The van der Waals surface area contributed by atoms with Gasteiger partial charge in [-0.05, 0) is 51.9 Å². The van der Waals surface area contributed by atoms with Crippen LogP contribution >= 0.6 is 0 Å². The zero-order valence-electron chi connectivity index (χ0n) is 18.9. The van der Waals surface area contributed by atoms with Gasteiger partial charge in [0.25, 0.3) is 0 Å². The minimum atomic E-state index is -1.16. The van der Waals surface area contributed by atoms with Gasteiger partial charge < -0.3 is 25.2 Å². The van der Waals surface area contributed by atoms with E-state index in [-0.39, 0.29) is 18.9 Å². The number of carbonyl (C=O) groups is 3. The van der Waals surface area contributed by atoms with Crippen LogP contribution in [0.2, 0.25) is 0 Å². The van der Waals surface area contributed by atoms with Crippen molar-refractivity contribution in [2.75, 3.05) is 6.54 Å². The number of allylic oxidation sites excluding steroid dienone is 1. The number of amides is 2. The van der Waals surface area contributed by atoms with E-state index in [1.165, 1.54) is 4.90 Å². The molecule has 2 amide bonds. The van der Waals surface area contributed by atoms with Crippen molar-refractivity contribution in [3.05, 3.63) is 12.7 Å². The van der Waals surface area contributed by atoms with E-state index < -0.39 is 41.8 Å². The Hall–Kier alpha value is -2.09. The number of carboxylic acids is 1. The number of likely N-dealkylation sites (tertiary alicyclic amines) is 1. The van der Waals surface area contributed by atoms with Crippen LogP contribution in [0.1, 0.15) is 66.7 Å². The first-order valence-electron chi connectivity index (χ1n) is 10.7. The Kier molecular flexibility index (Phi) is 9.81. The zero-order valence-corrected chi connectivity index (χ0v) is 18.9. The largest absolute Gasteiger partial charge is 0.480 e. The summed E-state index contributed by atoms with van der Waals surface area (Å²) in [6.07, 6.45) is 3.29. The van der Waals surface area contributed by atoms with Crippen molar-refractivity contribution in [2.45, 2.75) is 90.5 Å². The number of rotatable bonds is 10. The minimum Gasteiger partial charge on any atom is -0.480 e. The Morgan fingerprint density at radius 1 is 1.33 bits per heavy atom. The highest BCUT2D eigenvalue weighted by atomic mass is 16.6. The van der Waals surface area contributed by atoms with Crippen LogP contribution in [0.15, 0.2) is 12.7 Å². The van der Waals surface area contributed by atoms with Gasteiger partial charge in [-0.15, -0.1) is 6.58 Å². The number of hydrogen-bond donors (Lipinski definition) is 3. The molecule has 30 heavy (non-hydrogen) atoms. The fourth-order valence-electron chi connectivity index (χ4n) is 3.86. The summed E-state index contributed by atoms with van der Waals surface area (Å²) in [6.45, 7) is 12.9. The van der Waals surface area contributed by atoms with Crippen molar-refractivity contribution in [3.8, 4) is 0 Å². The average Bonchev–Trinajstić information content (AvgIpc) is 3.02. The molecule has 0 spiro atoms. The molecule has 8 nitrogen and oxygen atoms in total. The van der Waals surface area contributed by atoms with Crippen molar-refractivity contribution >= 4 is 18.0 Å². The molecule has 1 rings (SSSR count). The van der Waals surface area contributed by atoms with Crippen LogP contribution in [0.4, 0.5) is 4.79 Å². The van der Waals surface area contributed by atoms with Crippen molar-refractivity contribution in [1.29, 1.82) is 0 Å². The first-order valence-corrected chi connectivity index (χ1v) is 10.7. The SMILES string of the molecule is C=CCCC(C)C[C@@H](CC)[C@H](NC(=O)OC(C)(C)C)C(=O)N1CC(O)CC1C(=O)O. The minimum absolute atomic E-state index is 0.0211. The van der Waals surface area contributed by atoms with E-state index in [1.54, 1.807) is 20.8 Å². The quantitative estimate of drug-likeness (QED) is 0.463. The Balaban J connectivity index is 3.11. The zero-order chi connectivity index (χ0) is 23.1. The number of carbonyl (C=O) groups excluding carboxylic acids is 2. The van der Waals surface area contributed by atoms with Gasteiger partial charge in [0, 0.05) is 13.0 Å². The third-order valence-corrected chi connectivity index (χ3v) is 5.35. The van der Waals surface area contributed by atoms with Gasteiger partial charge in [-0.1, -0.05) is 26.3 Å². The van der Waals surface area contributed by atoms with E-state index >= 15 is 0 Å². The normalized spacial score (nSPS) is 22.1. The lowest BCUT2D eigenvalue weighted by Crippen LogP contribution is -2.55. The van der Waals surface area contributed by atoms with Gasteiger partial charge in [-0.3, -0.25) is 4.79 Å². The Labute approximate surface area is 179 Å². The summed E-state index contributed by atoms with van der Waals surface area (Å²) in [7, 11) is 0. The van der Waals surface area contributed by atoms with Crippen LogP contribution in [0.5, 0.6) is 0 Å². The van der Waals surface area contributed by atoms with E-state index in [1.807, 2.05) is 13.0 Å². The second-order valence-electron chi connectivity index (χ2n) is 9.23. The summed E-state index contributed by atoms with van der Waals surface area (Å²) in [6, 6.07) is -2.03. The third-order valence-electron chi connectivity index (χ3n) is 5.35. The van der Waals surface area contributed by atoms with Gasteiger partial charge in [-0.25, -0.2) is 9.59 Å². The van der Waals surface area contributed by atoms with Gasteiger partial charge in [0.05, 0.1) is 6.10 Å². The summed E-state index contributed by atoms with van der Waals surface area (Å²) in [5.41, 5.74) is -0.732. The predicted octanol–water partition coefficient (Wildman–Crippen LogP) is 2.94. The molecule has 0 saturated carbocycles. The molecule has 1 aliphatic rings. The maximum Gasteiger partial charge on any atom is 0.408 e. The number of nitrogens with one attached hydrogen (secondary N) is 1. The number of hydrogen-bond acceptors (Lipinski definition) is 5. The van der Waals surface area contributed by atoms with E-state index in [0.29, 0.717) is 18.8 Å². The summed E-state index contributed by atoms with van der Waals surface area (Å²) >= 11 is 0. The van der Waals surface area contributed by atoms with Crippen LogP contribution < -0.4 is 5.32 Å². The fraction of sp³-hybridized carbons (Fsp3) is 0.773. The predicted molar refractivity (Wildman–Crippen MR) is 114 cm³/mol. The van der Waals surface area contributed by atoms with Gasteiger partial charge in [0.2, 0.25) is 5.91 Å². The molecule has 0 radical (unpaired) electrons. The van der Waals surface area contributed by atoms with Gasteiger partial charge in [0.15, 0.2) is 0 Å². The lowest BCUT2D eigenvalue weighted by atomic mass is 9.85. The van der Waals surface area contributed by atoms with Crippen molar-refractivity contribution < 1.29 is 29.3 Å². The lowest BCUT2D eigenvalue weighted by Gasteiger charge is -2.33. The van der Waals surface area contributed by atoms with Crippen molar-refractivity contribution in [1.82, 2.24) is 10.2 Å². The number of aliphatic hydroxyl groups excluding tert-OH is 1. The molecular weight excluding hydrogens is 388 g/mol. The highest BCUT2D eigenvalue weighted by Crippen LogP contribution is 2.27. The monoisotopic (exact) mass is 426 g/mol. The maximum atomic E-state index is 13.4. The van der Waals surface area contributed by atoms with E-state index in [2.05, 4.69) is 18.8 Å². The average molecular weight is 427 g/mol. The summed E-state index contributed by atoms with van der Waals surface area (Å²) in [5, 5.41) is 22.1. The molecule has 1 fully saturated rings. The lowest BCUT2D eigenvalue weighted by molar-refractivity contribution is -0.149. The Morgan fingerprint density at radius 2 is 1.97 bits per heavy atom. The number of alkyl carbamates (subject to hydrolysis) is 1. The molecule has 0 aromatic heterocycles. The summed E-state index contributed by atoms with van der Waals surface area (Å²) in [4.78, 5) is 38.6. The number of β-amino-alcohol motifs (C(OH)–C–C–N with tert-alkyl or cyclic N) is 1. The number of ether oxygens (including phenoxy) is 1. The van der Waals surface area contributed by atoms with E-state index in [4.69, 9.17) is 4.74 Å². The topological polar surface area (TPSA) is 116 Å². The highest BCUT2D eigenvalue weighted by Gasteiger charge is 2.43. The summed E-state index contributed by atoms with van der Waals surface area (Å²) in [5.74, 6) is -1.56. The molecule has 0 aromatic rings. The van der Waals surface area contributed by atoms with Gasteiger partial charge in [0.1, 0.15) is 17.7 Å². The van der Waals surface area contributed by atoms with Crippen LogP contribution in [-0.4, -0.2) is 63.4 Å². The van der Waals surface area contributed by atoms with Crippen molar-refractivity contribution in [3.63, 3.8) is 0 Å². The maximum absolute atomic E-state index is 13.4. The Morgan fingerprint density at radius 3 is 2.47 bits per heavy atom. The van der Waals surface area contributed by atoms with Gasteiger partial charge in [-0.2, -0.15) is 0 Å². The van der Waals surface area contributed by atoms with Crippen LogP contribution in [0.3, 0.4) is 0 Å². The number of carboxylic acid groups (broad SMARTS) is 1. The molecule has 1 saturated heterocycles. The molecular formula is C22H38N2O6. The van der Waals surface area contributed by atoms with Crippen LogP contribution in [0, 0.1) is 11.8 Å². The second kappa shape index (κ2) is 11.3. The molecule has 0 aromatic carbocycles. The van der Waals surface area contributed by atoms with Crippen LogP contribution in [0.25, 0.3) is 0 Å². The van der Waals surface area contributed by atoms with E-state index in [9.17, 15) is 24.6 Å². The molecule has 8 heteroatoms. The fourth-order valence-corrected chi connectivity index (χ4v) is 3.86. The molecule has 0 bridgehead atoms. The summed E-state index contributed by atoms with van der Waals surface area (Å²) < 4.78 is 5.34. The standard InChI is InChI=1S/C22H38N2O6/c1-7-9-10-14(3)11-15(8-2)18(23-21(29)30-22(4,5)6)19(26)24-13-16(25)12-17(24)20(27)28/h7,14-18,25H,1,8-13H2,2-6H3,(H,23,29)(H,27,28)/t14?,15-,16?,17?,18+/m1/s1. The Bertz CT molecular complexity index is 615. The first kappa shape index (κ1) is 25.9. The molecule has 172 valence electrons. The second-order valence-corrected chi connectivity index (χ2v) is 9.23. The molecule has 1 aliphatic heterocycles. The molecule has 5 atom stereocenters.